The van der Waals surface area contributed by atoms with Crippen molar-refractivity contribution in [2.45, 2.75) is 18.9 Å². The van der Waals surface area contributed by atoms with E-state index in [9.17, 15) is 9.59 Å². The molecule has 0 saturated carbocycles. The normalized spacial score (nSPS) is 17.7. The van der Waals surface area contributed by atoms with Crippen LogP contribution in [0.25, 0.3) is 17.2 Å². The Hall–Kier alpha value is -4.24. The van der Waals surface area contributed by atoms with Crippen molar-refractivity contribution in [3.8, 4) is 11.1 Å². The van der Waals surface area contributed by atoms with E-state index >= 15 is 0 Å². The first-order valence-electron chi connectivity index (χ1n) is 12.0. The van der Waals surface area contributed by atoms with Crippen molar-refractivity contribution >= 4 is 17.8 Å². The largest absolute Gasteiger partial charge is 0.315 e. The fraction of sp³-hybridized carbons (Fsp3) is 0.125. The molecule has 1 aliphatic rings. The summed E-state index contributed by atoms with van der Waals surface area (Å²) in [6.07, 6.45) is 4.99. The summed E-state index contributed by atoms with van der Waals surface area (Å²) >= 11 is 0. The Bertz CT molecular complexity index is 1310. The van der Waals surface area contributed by atoms with Crippen molar-refractivity contribution in [3.63, 3.8) is 0 Å². The maximum absolute atomic E-state index is 13.4. The van der Waals surface area contributed by atoms with Crippen molar-refractivity contribution < 1.29 is 9.59 Å². The second kappa shape index (κ2) is 10.4. The highest BCUT2D eigenvalue weighted by molar-refractivity contribution is 6.11. The van der Waals surface area contributed by atoms with E-state index in [1.807, 2.05) is 79.0 Å². The quantitative estimate of drug-likeness (QED) is 0.230. The van der Waals surface area contributed by atoms with E-state index in [1.54, 1.807) is 17.0 Å². The number of Topliss-reactive ketones (excluding diaryl/α,β-unsaturated/α-hetero) is 1. The first kappa shape index (κ1) is 22.5. The number of ketones is 1. The number of benzene rings is 4. The molecule has 0 aliphatic carbocycles. The summed E-state index contributed by atoms with van der Waals surface area (Å²) in [5.74, 6) is -0.890. The van der Waals surface area contributed by atoms with Crippen LogP contribution in [0.5, 0.6) is 0 Å². The van der Waals surface area contributed by atoms with E-state index in [4.69, 9.17) is 0 Å². The number of carbonyl (C=O) groups excluding carboxylic acids is 2. The molecule has 5 rings (SSSR count). The molecule has 1 aliphatic heterocycles. The maximum atomic E-state index is 13.4. The molecule has 172 valence electrons. The lowest BCUT2D eigenvalue weighted by Crippen LogP contribution is -2.31. The SMILES string of the molecule is O=C(c1ccccc1)C1C[C@@H](Cc2ccc(-c3ccccc3)cc2)N(/C=C/c2ccccc2)C1=O. The monoisotopic (exact) mass is 457 g/mol. The fourth-order valence-corrected chi connectivity index (χ4v) is 4.71. The maximum Gasteiger partial charge on any atom is 0.237 e. The molecular weight excluding hydrogens is 430 g/mol. The molecule has 0 N–H and O–H groups in total. The third-order valence-corrected chi connectivity index (χ3v) is 6.59. The zero-order chi connectivity index (χ0) is 24.0. The van der Waals surface area contributed by atoms with Gasteiger partial charge in [0.05, 0.1) is 0 Å². The Morgan fingerprint density at radius 3 is 1.97 bits per heavy atom. The summed E-state index contributed by atoms with van der Waals surface area (Å²) in [4.78, 5) is 28.4. The molecule has 0 radical (unpaired) electrons. The topological polar surface area (TPSA) is 37.4 Å². The van der Waals surface area contributed by atoms with Gasteiger partial charge in [-0.05, 0) is 41.2 Å². The molecule has 2 atom stereocenters. The molecule has 4 aromatic carbocycles. The number of hydrogen-bond donors (Lipinski definition) is 0. The molecule has 35 heavy (non-hydrogen) atoms. The third kappa shape index (κ3) is 5.15. The average Bonchev–Trinajstić information content (AvgIpc) is 3.23. The second-order valence-electron chi connectivity index (χ2n) is 8.91. The summed E-state index contributed by atoms with van der Waals surface area (Å²) in [7, 11) is 0. The van der Waals surface area contributed by atoms with Crippen LogP contribution in [0.3, 0.4) is 0 Å². The van der Waals surface area contributed by atoms with Crippen molar-refractivity contribution in [2.24, 2.45) is 5.92 Å². The lowest BCUT2D eigenvalue weighted by Gasteiger charge is -2.21. The van der Waals surface area contributed by atoms with Gasteiger partial charge in [0.25, 0.3) is 0 Å². The summed E-state index contributed by atoms with van der Waals surface area (Å²) < 4.78 is 0. The minimum atomic E-state index is -0.661. The first-order chi connectivity index (χ1) is 17.2. The summed E-state index contributed by atoms with van der Waals surface area (Å²) in [6.45, 7) is 0. The number of nitrogens with zero attached hydrogens (tertiary/aromatic N) is 1. The van der Waals surface area contributed by atoms with Gasteiger partial charge in [0.15, 0.2) is 5.78 Å². The van der Waals surface area contributed by atoms with Crippen LogP contribution >= 0.6 is 0 Å². The Labute approximate surface area is 206 Å². The summed E-state index contributed by atoms with van der Waals surface area (Å²) in [6, 6.07) is 37.7. The average molecular weight is 458 g/mol. The van der Waals surface area contributed by atoms with Gasteiger partial charge in [0, 0.05) is 17.8 Å². The van der Waals surface area contributed by atoms with Crippen LogP contribution in [0.1, 0.15) is 27.9 Å². The van der Waals surface area contributed by atoms with E-state index in [0.717, 1.165) is 16.7 Å². The second-order valence-corrected chi connectivity index (χ2v) is 8.91. The van der Waals surface area contributed by atoms with Crippen LogP contribution in [0.2, 0.25) is 0 Å². The van der Waals surface area contributed by atoms with Gasteiger partial charge in [-0.2, -0.15) is 0 Å². The molecule has 3 nitrogen and oxygen atoms in total. The Balaban J connectivity index is 1.39. The number of amides is 1. The van der Waals surface area contributed by atoms with Gasteiger partial charge in [0.1, 0.15) is 5.92 Å². The van der Waals surface area contributed by atoms with E-state index in [1.165, 1.54) is 5.56 Å². The molecule has 0 aromatic heterocycles. The molecule has 1 saturated heterocycles. The highest BCUT2D eigenvalue weighted by atomic mass is 16.2. The standard InChI is InChI=1S/C32H27NO2/c34-31(28-14-8-3-9-15-28)30-23-29(33(32(30)35)21-20-24-10-4-1-5-11-24)22-25-16-18-27(19-17-25)26-12-6-2-7-13-26/h1-21,29-30H,22-23H2/b21-20+/t29-,30?/m1/s1. The van der Waals surface area contributed by atoms with Gasteiger partial charge in [-0.15, -0.1) is 0 Å². The van der Waals surface area contributed by atoms with E-state index in [-0.39, 0.29) is 17.7 Å². The molecule has 3 heteroatoms. The first-order valence-corrected chi connectivity index (χ1v) is 12.0. The molecule has 0 bridgehead atoms. The van der Waals surface area contributed by atoms with Gasteiger partial charge in [-0.1, -0.05) is 115 Å². The molecule has 1 amide bonds. The highest BCUT2D eigenvalue weighted by Gasteiger charge is 2.42. The van der Waals surface area contributed by atoms with Crippen molar-refractivity contribution in [1.82, 2.24) is 4.90 Å². The third-order valence-electron chi connectivity index (χ3n) is 6.59. The fourth-order valence-electron chi connectivity index (χ4n) is 4.71. The highest BCUT2D eigenvalue weighted by Crippen LogP contribution is 2.31. The summed E-state index contributed by atoms with van der Waals surface area (Å²) in [5, 5.41) is 0. The molecule has 4 aromatic rings. The van der Waals surface area contributed by atoms with Gasteiger partial charge >= 0.3 is 0 Å². The van der Waals surface area contributed by atoms with Gasteiger partial charge in [0.2, 0.25) is 5.91 Å². The van der Waals surface area contributed by atoms with Gasteiger partial charge in [-0.25, -0.2) is 0 Å². The minimum Gasteiger partial charge on any atom is -0.315 e. The van der Waals surface area contributed by atoms with Crippen LogP contribution < -0.4 is 0 Å². The Morgan fingerprint density at radius 2 is 1.31 bits per heavy atom. The van der Waals surface area contributed by atoms with Crippen LogP contribution in [0.4, 0.5) is 0 Å². The van der Waals surface area contributed by atoms with Crippen molar-refractivity contribution in [2.75, 3.05) is 0 Å². The van der Waals surface area contributed by atoms with E-state index in [2.05, 4.69) is 36.4 Å². The van der Waals surface area contributed by atoms with Crippen molar-refractivity contribution in [1.29, 1.82) is 0 Å². The van der Waals surface area contributed by atoms with E-state index in [0.29, 0.717) is 18.4 Å². The van der Waals surface area contributed by atoms with Crippen LogP contribution in [0.15, 0.2) is 121 Å². The van der Waals surface area contributed by atoms with Crippen LogP contribution in [0, 0.1) is 5.92 Å². The molecule has 1 unspecified atom stereocenters. The summed E-state index contributed by atoms with van der Waals surface area (Å²) in [5.41, 5.74) is 5.09. The zero-order valence-electron chi connectivity index (χ0n) is 19.5. The van der Waals surface area contributed by atoms with Crippen LogP contribution in [-0.2, 0) is 11.2 Å². The van der Waals surface area contributed by atoms with Gasteiger partial charge < -0.3 is 4.90 Å². The number of hydrogen-bond acceptors (Lipinski definition) is 2. The molecular formula is C32H27NO2. The number of rotatable bonds is 7. The predicted octanol–water partition coefficient (Wildman–Crippen LogP) is 6.67. The lowest BCUT2D eigenvalue weighted by molar-refractivity contribution is -0.128. The van der Waals surface area contributed by atoms with Gasteiger partial charge in [-0.3, -0.25) is 9.59 Å². The Kier molecular flexibility index (Phi) is 6.67. The zero-order valence-corrected chi connectivity index (χ0v) is 19.5. The molecule has 1 fully saturated rings. The molecule has 0 spiro atoms. The minimum absolute atomic E-state index is 0.0808. The smallest absolute Gasteiger partial charge is 0.237 e. The molecule has 1 heterocycles. The lowest BCUT2D eigenvalue weighted by atomic mass is 9.92. The Morgan fingerprint density at radius 1 is 0.743 bits per heavy atom. The van der Waals surface area contributed by atoms with Crippen molar-refractivity contribution in [3.05, 3.63) is 138 Å². The van der Waals surface area contributed by atoms with E-state index < -0.39 is 5.92 Å². The number of carbonyl (C=O) groups is 2. The van der Waals surface area contributed by atoms with Crippen LogP contribution in [-0.4, -0.2) is 22.6 Å². The number of likely N-dealkylation sites (tertiary alicyclic amines) is 1. The predicted molar refractivity (Wildman–Crippen MR) is 141 cm³/mol.